The summed E-state index contributed by atoms with van der Waals surface area (Å²) in [6, 6.07) is 0. The molecule has 0 aliphatic heterocycles. The van der Waals surface area contributed by atoms with Crippen LogP contribution in [0.1, 0.15) is 0 Å². The third-order valence-corrected chi connectivity index (χ3v) is 0. The van der Waals surface area contributed by atoms with Crippen LogP contribution in [0.5, 0.6) is 0 Å². The van der Waals surface area contributed by atoms with E-state index >= 15 is 0 Å². The Balaban J connectivity index is -0.00000000500. The van der Waals surface area contributed by atoms with E-state index in [1.54, 1.807) is 0 Å². The molecule has 0 atom stereocenters. The molecular formula is Mo2Ni2. The molecule has 0 saturated heterocycles. The predicted octanol–water partition coefficient (Wildman–Crippen LogP) is -0.0100. The summed E-state index contributed by atoms with van der Waals surface area (Å²) < 4.78 is 0. The van der Waals surface area contributed by atoms with E-state index in [1.807, 2.05) is 33.6 Å². The molecule has 0 heterocycles. The Morgan fingerprint density at radius 2 is 0.750 bits per heavy atom. The van der Waals surface area contributed by atoms with Crippen LogP contribution in [0.15, 0.2) is 0 Å². The number of hydrogen-bond acceptors (Lipinski definition) is 0. The minimum absolute atomic E-state index is 0. The average Bonchev–Trinajstić information content (AvgIpc) is 1.00. The summed E-state index contributed by atoms with van der Waals surface area (Å²) in [5, 5.41) is 0. The molecule has 4 heavy (non-hydrogen) atoms. The zero-order valence-corrected chi connectivity index (χ0v) is 7.44. The van der Waals surface area contributed by atoms with Crippen LogP contribution >= 0.6 is 0 Å². The summed E-state index contributed by atoms with van der Waals surface area (Å²) in [4.78, 5) is 0. The molecule has 0 fully saturated rings. The topological polar surface area (TPSA) is 0 Å². The van der Waals surface area contributed by atoms with Gasteiger partial charge in [0, 0.05) is 33.0 Å². The fourth-order valence-corrected chi connectivity index (χ4v) is 0. The van der Waals surface area contributed by atoms with E-state index in [1.165, 1.54) is 0 Å². The SMILES string of the molecule is [Mo][Mo].[Ni].[Ni]. The minimum Gasteiger partial charge on any atom is 0 e. The third kappa shape index (κ3) is 8.84. The molecule has 0 N–H and O–H groups in total. The summed E-state index contributed by atoms with van der Waals surface area (Å²) >= 11 is 3.92. The fraction of sp³-hybridized carbons (Fsp3) is 0. The molecule has 32 valence electrons. The quantitative estimate of drug-likeness (QED) is 0.552. The first-order valence-electron chi connectivity index (χ1n) is 0.167. The van der Waals surface area contributed by atoms with Gasteiger partial charge in [-0.3, -0.25) is 0 Å². The second-order valence-electron chi connectivity index (χ2n) is 0. The monoisotopic (exact) mass is 312 g/mol. The molecule has 0 aliphatic carbocycles. The van der Waals surface area contributed by atoms with E-state index in [0.717, 1.165) is 0 Å². The largest absolute Gasteiger partial charge is 0 e. The van der Waals surface area contributed by atoms with Crippen LogP contribution in [0.2, 0.25) is 0 Å². The van der Waals surface area contributed by atoms with Crippen molar-refractivity contribution in [1.82, 2.24) is 0 Å². The van der Waals surface area contributed by atoms with Gasteiger partial charge in [-0.2, -0.15) is 0 Å². The van der Waals surface area contributed by atoms with Crippen molar-refractivity contribution in [1.29, 1.82) is 0 Å². The zero-order chi connectivity index (χ0) is 2.00. The van der Waals surface area contributed by atoms with Gasteiger partial charge in [0.25, 0.3) is 0 Å². The Hall–Kier alpha value is 2.36. The molecule has 0 bridgehead atoms. The maximum Gasteiger partial charge on any atom is 0 e. The molecule has 0 aromatic heterocycles. The molecule has 0 aliphatic rings. The molecule has 0 saturated carbocycles. The Morgan fingerprint density at radius 1 is 0.750 bits per heavy atom. The molecule has 0 radical (unpaired) electrons. The van der Waals surface area contributed by atoms with Crippen molar-refractivity contribution in [2.24, 2.45) is 0 Å². The Labute approximate surface area is 65.7 Å². The van der Waals surface area contributed by atoms with Crippen LogP contribution < -0.4 is 0 Å². The van der Waals surface area contributed by atoms with E-state index in [2.05, 4.69) is 0 Å². The van der Waals surface area contributed by atoms with Crippen molar-refractivity contribution in [3.63, 3.8) is 0 Å². The Morgan fingerprint density at radius 3 is 0.750 bits per heavy atom. The summed E-state index contributed by atoms with van der Waals surface area (Å²) in [5.41, 5.74) is 0. The summed E-state index contributed by atoms with van der Waals surface area (Å²) in [7, 11) is 0. The van der Waals surface area contributed by atoms with Crippen LogP contribution in [0, 0.1) is 0 Å². The van der Waals surface area contributed by atoms with Gasteiger partial charge in [0.1, 0.15) is 0 Å². The van der Waals surface area contributed by atoms with Crippen LogP contribution in [0.3, 0.4) is 0 Å². The van der Waals surface area contributed by atoms with Crippen molar-refractivity contribution in [3.05, 3.63) is 0 Å². The van der Waals surface area contributed by atoms with E-state index in [4.69, 9.17) is 0 Å². The second kappa shape index (κ2) is 18.3. The molecule has 0 aromatic rings. The van der Waals surface area contributed by atoms with Gasteiger partial charge in [-0.15, -0.1) is 0 Å². The van der Waals surface area contributed by atoms with Gasteiger partial charge < -0.3 is 0 Å². The van der Waals surface area contributed by atoms with Crippen molar-refractivity contribution >= 4 is 0 Å². The van der Waals surface area contributed by atoms with Crippen molar-refractivity contribution < 1.29 is 66.6 Å². The van der Waals surface area contributed by atoms with E-state index < -0.39 is 0 Å². The Bertz CT molecular complexity index is 4.00. The van der Waals surface area contributed by atoms with Crippen LogP contribution in [0.25, 0.3) is 0 Å². The zero-order valence-electron chi connectivity index (χ0n) is 1.45. The summed E-state index contributed by atoms with van der Waals surface area (Å²) in [5.74, 6) is 0. The van der Waals surface area contributed by atoms with Gasteiger partial charge in [-0.1, -0.05) is 0 Å². The average molecular weight is 309 g/mol. The number of hydrogen-bond donors (Lipinski definition) is 0. The second-order valence-corrected chi connectivity index (χ2v) is 0. The molecule has 0 aromatic carbocycles. The molecule has 0 amide bonds. The first-order valence-corrected chi connectivity index (χ1v) is 5.83. The minimum atomic E-state index is 0. The first-order chi connectivity index (χ1) is 1.00. The Kier molecular flexibility index (Phi) is 74.0. The number of rotatable bonds is 0. The third-order valence-electron chi connectivity index (χ3n) is 0. The van der Waals surface area contributed by atoms with Gasteiger partial charge in [0.2, 0.25) is 0 Å². The maximum absolute atomic E-state index is 1.96. The van der Waals surface area contributed by atoms with Gasteiger partial charge in [0.15, 0.2) is 0 Å². The van der Waals surface area contributed by atoms with E-state index in [9.17, 15) is 0 Å². The fourth-order valence-electron chi connectivity index (χ4n) is 0. The van der Waals surface area contributed by atoms with Gasteiger partial charge >= 0.3 is 33.6 Å². The smallest absolute Gasteiger partial charge is 0 e. The van der Waals surface area contributed by atoms with Crippen molar-refractivity contribution in [3.8, 4) is 0 Å². The van der Waals surface area contributed by atoms with Crippen LogP contribution in [-0.2, 0) is 66.6 Å². The van der Waals surface area contributed by atoms with E-state index in [-0.39, 0.29) is 33.0 Å². The summed E-state index contributed by atoms with van der Waals surface area (Å²) in [6.45, 7) is 0. The molecular weight excluding hydrogens is 309 g/mol. The molecule has 4 heteroatoms. The standard InChI is InChI=1S/2Mo.2Ni. The van der Waals surface area contributed by atoms with Crippen molar-refractivity contribution in [2.75, 3.05) is 0 Å². The van der Waals surface area contributed by atoms with Crippen molar-refractivity contribution in [2.45, 2.75) is 0 Å². The predicted molar refractivity (Wildman–Crippen MR) is 0 cm³/mol. The van der Waals surface area contributed by atoms with Crippen LogP contribution in [0.4, 0.5) is 0 Å². The normalized spacial score (nSPS) is 1.00. The van der Waals surface area contributed by atoms with Gasteiger partial charge in [-0.05, 0) is 0 Å². The molecule has 0 unspecified atom stereocenters. The molecule has 0 nitrogen and oxygen atoms in total. The molecule has 0 spiro atoms. The van der Waals surface area contributed by atoms with Gasteiger partial charge in [0.05, 0.1) is 0 Å². The van der Waals surface area contributed by atoms with E-state index in [0.29, 0.717) is 0 Å². The van der Waals surface area contributed by atoms with Crippen LogP contribution in [-0.4, -0.2) is 0 Å². The molecule has 0 rings (SSSR count). The van der Waals surface area contributed by atoms with Gasteiger partial charge in [-0.25, -0.2) is 0 Å². The maximum atomic E-state index is 1.96. The summed E-state index contributed by atoms with van der Waals surface area (Å²) in [6.07, 6.45) is 0. The first kappa shape index (κ1) is 16.2.